The number of hydrogen-bond donors (Lipinski definition) is 0. The van der Waals surface area contributed by atoms with Crippen LogP contribution in [0, 0.1) is 18.3 Å². The Morgan fingerprint density at radius 1 is 1.10 bits per heavy atom. The summed E-state index contributed by atoms with van der Waals surface area (Å²) in [6.45, 7) is 4.90. The minimum atomic E-state index is -3.13. The van der Waals surface area contributed by atoms with Crippen LogP contribution in [0.2, 0.25) is 0 Å². The molecule has 2 aromatic rings. The molecule has 2 aliphatic heterocycles. The third-order valence-corrected chi connectivity index (χ3v) is 9.16. The Kier molecular flexibility index (Phi) is 4.62. The first-order chi connectivity index (χ1) is 14.0. The maximum Gasteiger partial charge on any atom is 0.225 e. The molecule has 1 aromatic heterocycles. The summed E-state index contributed by atoms with van der Waals surface area (Å²) in [5.74, 6) is 1.10. The lowest BCUT2D eigenvalue weighted by Gasteiger charge is -2.29. The zero-order valence-corrected chi connectivity index (χ0v) is 17.7. The monoisotopic (exact) mass is 412 g/mol. The van der Waals surface area contributed by atoms with Crippen LogP contribution in [-0.2, 0) is 16.4 Å². The molecule has 2 saturated heterocycles. The number of anilines is 1. The Labute approximate surface area is 173 Å². The second kappa shape index (κ2) is 7.06. The summed E-state index contributed by atoms with van der Waals surface area (Å²) in [6, 6.07) is 12.4. The van der Waals surface area contributed by atoms with Crippen LogP contribution in [0.5, 0.6) is 0 Å². The molecule has 0 amide bonds. The standard InChI is InChI=1S/C22H28N4O2S/c1-17-10-12-23-21(24-17)25-13-19-14-26(29(27,28)20-7-8-20)16-22(19,15-25)11-9-18-5-3-2-4-6-18/h2-6,10,12,19-20H,7-9,11,13-16H2,1H3/t19-,22+/m0/s1. The molecule has 5 rings (SSSR count). The van der Waals surface area contributed by atoms with Crippen LogP contribution in [0.15, 0.2) is 42.6 Å². The van der Waals surface area contributed by atoms with Crippen LogP contribution >= 0.6 is 0 Å². The third kappa shape index (κ3) is 3.55. The fourth-order valence-electron chi connectivity index (χ4n) is 5.04. The Hall–Kier alpha value is -1.99. The van der Waals surface area contributed by atoms with Crippen LogP contribution in [0.25, 0.3) is 0 Å². The van der Waals surface area contributed by atoms with Crippen molar-refractivity contribution < 1.29 is 8.42 Å². The second-order valence-corrected chi connectivity index (χ2v) is 11.2. The number of fused-ring (bicyclic) bond motifs is 1. The minimum absolute atomic E-state index is 0.0368. The van der Waals surface area contributed by atoms with Crippen molar-refractivity contribution in [3.63, 3.8) is 0 Å². The van der Waals surface area contributed by atoms with Gasteiger partial charge in [-0.1, -0.05) is 30.3 Å². The predicted molar refractivity (Wildman–Crippen MR) is 113 cm³/mol. The van der Waals surface area contributed by atoms with Crippen LogP contribution in [0.4, 0.5) is 5.95 Å². The number of nitrogens with zero attached hydrogens (tertiary/aromatic N) is 4. The number of hydrogen-bond acceptors (Lipinski definition) is 5. The van der Waals surface area contributed by atoms with Crippen molar-refractivity contribution in [2.24, 2.45) is 11.3 Å². The largest absolute Gasteiger partial charge is 0.340 e. The van der Waals surface area contributed by atoms with Gasteiger partial charge >= 0.3 is 0 Å². The molecule has 6 nitrogen and oxygen atoms in total. The van der Waals surface area contributed by atoms with Gasteiger partial charge in [0, 0.05) is 43.5 Å². The quantitative estimate of drug-likeness (QED) is 0.730. The molecule has 0 radical (unpaired) electrons. The topological polar surface area (TPSA) is 66.4 Å². The molecule has 1 aliphatic carbocycles. The van der Waals surface area contributed by atoms with Crippen LogP contribution in [0.1, 0.15) is 30.5 Å². The number of rotatable bonds is 6. The highest BCUT2D eigenvalue weighted by Crippen LogP contribution is 2.48. The second-order valence-electron chi connectivity index (χ2n) is 8.96. The molecule has 0 N–H and O–H groups in total. The summed E-state index contributed by atoms with van der Waals surface area (Å²) >= 11 is 0. The fraction of sp³-hybridized carbons (Fsp3) is 0.545. The van der Waals surface area contributed by atoms with Gasteiger partial charge in [0.15, 0.2) is 0 Å². The highest BCUT2D eigenvalue weighted by atomic mass is 32.2. The molecule has 3 fully saturated rings. The van der Waals surface area contributed by atoms with Crippen molar-refractivity contribution >= 4 is 16.0 Å². The highest BCUT2D eigenvalue weighted by molar-refractivity contribution is 7.90. The van der Waals surface area contributed by atoms with E-state index in [1.807, 2.05) is 25.3 Å². The molecule has 0 spiro atoms. The number of benzene rings is 1. The van der Waals surface area contributed by atoms with E-state index in [9.17, 15) is 8.42 Å². The SMILES string of the molecule is Cc1ccnc(N2C[C@H]3CN(S(=O)(=O)C4CC4)C[C@@]3(CCc3ccccc3)C2)n1. The van der Waals surface area contributed by atoms with E-state index in [0.29, 0.717) is 19.0 Å². The summed E-state index contributed by atoms with van der Waals surface area (Å²) in [5, 5.41) is -0.135. The van der Waals surface area contributed by atoms with E-state index in [1.165, 1.54) is 5.56 Å². The molecule has 0 bridgehead atoms. The molecule has 2 atom stereocenters. The average Bonchev–Trinajstić information content (AvgIpc) is 3.43. The first kappa shape index (κ1) is 19.0. The molecule has 0 unspecified atom stereocenters. The number of aromatic nitrogens is 2. The Bertz CT molecular complexity index is 993. The molecule has 154 valence electrons. The van der Waals surface area contributed by atoms with Gasteiger partial charge in [-0.2, -0.15) is 0 Å². The number of aryl methyl sites for hydroxylation is 2. The van der Waals surface area contributed by atoms with Crippen molar-refractivity contribution in [2.75, 3.05) is 31.1 Å². The summed E-state index contributed by atoms with van der Waals surface area (Å²) in [7, 11) is -3.13. The van der Waals surface area contributed by atoms with Crippen LogP contribution in [0.3, 0.4) is 0 Å². The normalized spacial score (nSPS) is 27.3. The minimum Gasteiger partial charge on any atom is -0.340 e. The lowest BCUT2D eigenvalue weighted by atomic mass is 9.76. The van der Waals surface area contributed by atoms with Gasteiger partial charge < -0.3 is 4.90 Å². The van der Waals surface area contributed by atoms with Gasteiger partial charge in [0.25, 0.3) is 0 Å². The average molecular weight is 413 g/mol. The third-order valence-electron chi connectivity index (χ3n) is 6.85. The van der Waals surface area contributed by atoms with Gasteiger partial charge in [-0.05, 0) is 50.2 Å². The smallest absolute Gasteiger partial charge is 0.225 e. The predicted octanol–water partition coefficient (Wildman–Crippen LogP) is 2.65. The van der Waals surface area contributed by atoms with E-state index >= 15 is 0 Å². The van der Waals surface area contributed by atoms with Crippen LogP contribution < -0.4 is 4.90 Å². The van der Waals surface area contributed by atoms with Gasteiger partial charge in [0.1, 0.15) is 0 Å². The maximum absolute atomic E-state index is 12.9. The van der Waals surface area contributed by atoms with Crippen molar-refractivity contribution in [1.29, 1.82) is 0 Å². The summed E-state index contributed by atoms with van der Waals surface area (Å²) in [5.41, 5.74) is 2.24. The van der Waals surface area contributed by atoms with E-state index in [1.54, 1.807) is 4.31 Å². The van der Waals surface area contributed by atoms with Crippen molar-refractivity contribution in [3.8, 4) is 0 Å². The lowest BCUT2D eigenvalue weighted by molar-refractivity contribution is 0.267. The van der Waals surface area contributed by atoms with Crippen molar-refractivity contribution in [3.05, 3.63) is 53.9 Å². The Morgan fingerprint density at radius 2 is 1.90 bits per heavy atom. The van der Waals surface area contributed by atoms with E-state index in [2.05, 4.69) is 39.1 Å². The van der Waals surface area contributed by atoms with E-state index < -0.39 is 10.0 Å². The molecule has 3 aliphatic rings. The van der Waals surface area contributed by atoms with Crippen molar-refractivity contribution in [1.82, 2.24) is 14.3 Å². The first-order valence-electron chi connectivity index (χ1n) is 10.5. The molecule has 7 heteroatoms. The molecule has 1 aromatic carbocycles. The van der Waals surface area contributed by atoms with Gasteiger partial charge in [-0.3, -0.25) is 0 Å². The zero-order valence-electron chi connectivity index (χ0n) is 16.9. The van der Waals surface area contributed by atoms with E-state index in [4.69, 9.17) is 0 Å². The van der Waals surface area contributed by atoms with Gasteiger partial charge in [-0.25, -0.2) is 22.7 Å². The Balaban J connectivity index is 1.40. The van der Waals surface area contributed by atoms with Crippen LogP contribution in [-0.4, -0.2) is 54.1 Å². The molecule has 3 heterocycles. The summed E-state index contributed by atoms with van der Waals surface area (Å²) in [6.07, 6.45) is 5.41. The molecule has 1 saturated carbocycles. The summed E-state index contributed by atoms with van der Waals surface area (Å²) < 4.78 is 27.7. The fourth-order valence-corrected chi connectivity index (χ4v) is 7.01. The molecule has 29 heavy (non-hydrogen) atoms. The Morgan fingerprint density at radius 3 is 2.62 bits per heavy atom. The van der Waals surface area contributed by atoms with Gasteiger partial charge in [0.05, 0.1) is 5.25 Å². The van der Waals surface area contributed by atoms with Gasteiger partial charge in [-0.15, -0.1) is 0 Å². The molecular weight excluding hydrogens is 384 g/mol. The number of sulfonamides is 1. The lowest BCUT2D eigenvalue weighted by Crippen LogP contribution is -2.38. The highest BCUT2D eigenvalue weighted by Gasteiger charge is 2.56. The van der Waals surface area contributed by atoms with E-state index in [-0.39, 0.29) is 10.7 Å². The maximum atomic E-state index is 12.9. The zero-order chi connectivity index (χ0) is 20.1. The first-order valence-corrected chi connectivity index (χ1v) is 12.0. The van der Waals surface area contributed by atoms with Gasteiger partial charge in [0.2, 0.25) is 16.0 Å². The molecular formula is C22H28N4O2S. The van der Waals surface area contributed by atoms with Crippen molar-refractivity contribution in [2.45, 2.75) is 37.9 Å². The van der Waals surface area contributed by atoms with E-state index in [0.717, 1.165) is 50.4 Å². The summed E-state index contributed by atoms with van der Waals surface area (Å²) in [4.78, 5) is 11.4.